The molecule has 2 heterocycles. The highest BCUT2D eigenvalue weighted by Crippen LogP contribution is 2.20. The van der Waals surface area contributed by atoms with Crippen molar-refractivity contribution in [3.63, 3.8) is 0 Å². The predicted molar refractivity (Wildman–Crippen MR) is 81.2 cm³/mol. The number of hydrogen-bond acceptors (Lipinski definition) is 5. The highest BCUT2D eigenvalue weighted by molar-refractivity contribution is 5.73. The van der Waals surface area contributed by atoms with E-state index in [2.05, 4.69) is 10.0 Å². The molecule has 0 aromatic rings. The number of azide groups is 1. The van der Waals surface area contributed by atoms with E-state index < -0.39 is 12.2 Å². The van der Waals surface area contributed by atoms with Gasteiger partial charge < -0.3 is 9.47 Å². The first-order valence-electron chi connectivity index (χ1n) is 7.45. The van der Waals surface area contributed by atoms with E-state index in [0.29, 0.717) is 32.0 Å². The number of rotatable bonds is 6. The lowest BCUT2D eigenvalue weighted by Crippen LogP contribution is -2.37. The van der Waals surface area contributed by atoms with Crippen molar-refractivity contribution >= 4 is 6.09 Å². The van der Waals surface area contributed by atoms with Crippen molar-refractivity contribution in [2.75, 3.05) is 45.9 Å². The summed E-state index contributed by atoms with van der Waals surface area (Å²) in [5, 5.41) is 3.40. The molecule has 0 aromatic heterocycles. The van der Waals surface area contributed by atoms with Gasteiger partial charge in [-0.2, -0.15) is 0 Å². The second-order valence-corrected chi connectivity index (χ2v) is 5.22. The minimum Gasteiger partial charge on any atom is -0.444 e. The summed E-state index contributed by atoms with van der Waals surface area (Å²) in [5.41, 5.74) is 8.74. The second-order valence-electron chi connectivity index (χ2n) is 5.22. The third-order valence-electron chi connectivity index (χ3n) is 3.61. The maximum Gasteiger partial charge on any atom is 0.414 e. The fourth-order valence-corrected chi connectivity index (χ4v) is 2.45. The summed E-state index contributed by atoms with van der Waals surface area (Å²) < 4.78 is 24.5. The number of nitrogens with zero attached hydrogens (tertiary/aromatic N) is 5. The van der Waals surface area contributed by atoms with Crippen LogP contribution in [0.25, 0.3) is 10.4 Å². The lowest BCUT2D eigenvalue weighted by atomic mass is 10.2. The minimum absolute atomic E-state index is 0.0652. The van der Waals surface area contributed by atoms with Crippen LogP contribution in [0.4, 0.5) is 9.18 Å². The van der Waals surface area contributed by atoms with Crippen molar-refractivity contribution < 1.29 is 18.7 Å². The average molecular weight is 325 g/mol. The lowest BCUT2D eigenvalue weighted by molar-refractivity contribution is 0.0400. The van der Waals surface area contributed by atoms with Crippen molar-refractivity contribution in [1.29, 1.82) is 0 Å². The maximum absolute atomic E-state index is 14.2. The fourth-order valence-electron chi connectivity index (χ4n) is 2.45. The van der Waals surface area contributed by atoms with Gasteiger partial charge in [-0.25, -0.2) is 9.18 Å². The third kappa shape index (κ3) is 4.95. The molecule has 2 aliphatic heterocycles. The first-order chi connectivity index (χ1) is 11.1. The number of amides is 1. The zero-order valence-electron chi connectivity index (χ0n) is 13.0. The van der Waals surface area contributed by atoms with Gasteiger partial charge in [0.05, 0.1) is 32.8 Å². The van der Waals surface area contributed by atoms with Crippen molar-refractivity contribution in [1.82, 2.24) is 9.80 Å². The van der Waals surface area contributed by atoms with Crippen molar-refractivity contribution in [3.05, 3.63) is 34.1 Å². The third-order valence-corrected chi connectivity index (χ3v) is 3.61. The van der Waals surface area contributed by atoms with Crippen molar-refractivity contribution in [2.24, 2.45) is 5.11 Å². The molecule has 2 saturated heterocycles. The van der Waals surface area contributed by atoms with E-state index in [-0.39, 0.29) is 25.5 Å². The standard InChI is InChI=1S/C14H20FN5O3/c1-2-12(7-11(15)9-19-3-5-22-6-4-19)20-10-13(8-17-18-16)23-14(20)21/h2,7,13H,3-6,8-10H2,1H3/b11-7+,12-2+/t13-/m0/s1. The molecule has 1 atom stereocenters. The van der Waals surface area contributed by atoms with Gasteiger partial charge in [0.1, 0.15) is 11.9 Å². The molecule has 0 aliphatic carbocycles. The molecule has 0 unspecified atom stereocenters. The topological polar surface area (TPSA) is 90.8 Å². The molecular weight excluding hydrogens is 305 g/mol. The van der Waals surface area contributed by atoms with Crippen LogP contribution in [0.2, 0.25) is 0 Å². The molecule has 0 saturated carbocycles. The molecule has 0 radical (unpaired) electrons. The van der Waals surface area contributed by atoms with Crippen LogP contribution in [0.3, 0.4) is 0 Å². The monoisotopic (exact) mass is 325 g/mol. The summed E-state index contributed by atoms with van der Waals surface area (Å²) in [7, 11) is 0. The molecule has 8 nitrogen and oxygen atoms in total. The Morgan fingerprint density at radius 1 is 1.52 bits per heavy atom. The first-order valence-corrected chi connectivity index (χ1v) is 7.45. The number of cyclic esters (lactones) is 1. The molecule has 126 valence electrons. The molecule has 23 heavy (non-hydrogen) atoms. The van der Waals surface area contributed by atoms with Crippen LogP contribution in [0.5, 0.6) is 0 Å². The van der Waals surface area contributed by atoms with Crippen LogP contribution in [-0.4, -0.2) is 67.9 Å². The van der Waals surface area contributed by atoms with Gasteiger partial charge in [0.15, 0.2) is 0 Å². The van der Waals surface area contributed by atoms with Crippen molar-refractivity contribution in [3.8, 4) is 0 Å². The largest absolute Gasteiger partial charge is 0.444 e. The predicted octanol–water partition coefficient (Wildman–Crippen LogP) is 2.21. The zero-order valence-corrected chi connectivity index (χ0v) is 13.0. The molecule has 0 N–H and O–H groups in total. The maximum atomic E-state index is 14.2. The smallest absolute Gasteiger partial charge is 0.414 e. The van der Waals surface area contributed by atoms with Crippen LogP contribution >= 0.6 is 0 Å². The number of hydrogen-bond donors (Lipinski definition) is 0. The average Bonchev–Trinajstić information content (AvgIpc) is 2.92. The van der Waals surface area contributed by atoms with Gasteiger partial charge in [0.2, 0.25) is 0 Å². The highest BCUT2D eigenvalue weighted by Gasteiger charge is 2.32. The Morgan fingerprint density at radius 2 is 2.26 bits per heavy atom. The van der Waals surface area contributed by atoms with Gasteiger partial charge in [0.25, 0.3) is 0 Å². The van der Waals surface area contributed by atoms with E-state index in [4.69, 9.17) is 15.0 Å². The van der Waals surface area contributed by atoms with Crippen LogP contribution in [0.1, 0.15) is 6.92 Å². The Morgan fingerprint density at radius 3 is 2.91 bits per heavy atom. The Bertz CT molecular complexity index is 539. The fraction of sp³-hybridized carbons (Fsp3) is 0.643. The van der Waals surface area contributed by atoms with E-state index in [1.165, 1.54) is 11.0 Å². The molecule has 0 spiro atoms. The van der Waals surface area contributed by atoms with Gasteiger partial charge in [-0.1, -0.05) is 11.2 Å². The first kappa shape index (κ1) is 17.3. The van der Waals surface area contributed by atoms with Crippen LogP contribution < -0.4 is 0 Å². The Labute approximate surface area is 133 Å². The number of halogens is 1. The van der Waals surface area contributed by atoms with Gasteiger partial charge >= 0.3 is 6.09 Å². The molecule has 9 heteroatoms. The summed E-state index contributed by atoms with van der Waals surface area (Å²) in [6.45, 7) is 4.79. The normalized spacial score (nSPS) is 23.7. The van der Waals surface area contributed by atoms with Crippen LogP contribution in [0.15, 0.2) is 28.8 Å². The minimum atomic E-state index is -0.563. The van der Waals surface area contributed by atoms with E-state index in [0.717, 1.165) is 0 Å². The van der Waals surface area contributed by atoms with Gasteiger partial charge in [-0.3, -0.25) is 9.80 Å². The van der Waals surface area contributed by atoms with Gasteiger partial charge in [-0.05, 0) is 18.5 Å². The molecule has 1 amide bonds. The molecule has 0 bridgehead atoms. The van der Waals surface area contributed by atoms with E-state index in [1.807, 2.05) is 4.90 Å². The summed E-state index contributed by atoms with van der Waals surface area (Å²) >= 11 is 0. The number of carbonyl (C=O) groups is 1. The molecule has 2 aliphatic rings. The van der Waals surface area contributed by atoms with E-state index in [9.17, 15) is 9.18 Å². The highest BCUT2D eigenvalue weighted by atomic mass is 19.1. The molecule has 2 rings (SSSR count). The SMILES string of the molecule is C/C=C(\C=C(\F)CN1CCOCC1)N1C[C@H](CN=[N+]=[N-])OC1=O. The quantitative estimate of drug-likeness (QED) is 0.324. The number of carbonyl (C=O) groups excluding carboxylic acids is 1. The Balaban J connectivity index is 1.97. The second kappa shape index (κ2) is 8.52. The Kier molecular flexibility index (Phi) is 6.40. The molecule has 2 fully saturated rings. The lowest BCUT2D eigenvalue weighted by Gasteiger charge is -2.26. The Hall–Kier alpha value is -2.09. The number of ether oxygens (including phenoxy) is 2. The number of morpholine rings is 1. The summed E-state index contributed by atoms with van der Waals surface area (Å²) in [5.74, 6) is -0.328. The summed E-state index contributed by atoms with van der Waals surface area (Å²) in [4.78, 5) is 17.8. The summed E-state index contributed by atoms with van der Waals surface area (Å²) in [6.07, 6.45) is 1.92. The van der Waals surface area contributed by atoms with Crippen LogP contribution in [0, 0.1) is 0 Å². The van der Waals surface area contributed by atoms with Crippen LogP contribution in [-0.2, 0) is 9.47 Å². The summed E-state index contributed by atoms with van der Waals surface area (Å²) in [6, 6.07) is 0. The zero-order chi connectivity index (χ0) is 16.7. The van der Waals surface area contributed by atoms with E-state index in [1.54, 1.807) is 13.0 Å². The van der Waals surface area contributed by atoms with Gasteiger partial charge in [-0.15, -0.1) is 0 Å². The molecular formula is C14H20FN5O3. The van der Waals surface area contributed by atoms with E-state index >= 15 is 0 Å². The molecule has 0 aromatic carbocycles. The number of allylic oxidation sites excluding steroid dienone is 2. The van der Waals surface area contributed by atoms with Gasteiger partial charge in [0, 0.05) is 23.7 Å². The van der Waals surface area contributed by atoms with Crippen molar-refractivity contribution in [2.45, 2.75) is 13.0 Å².